The van der Waals surface area contributed by atoms with E-state index >= 15 is 0 Å². The van der Waals surface area contributed by atoms with Crippen molar-refractivity contribution in [2.45, 2.75) is 26.9 Å². The van der Waals surface area contributed by atoms with Crippen LogP contribution in [0.1, 0.15) is 16.7 Å². The second-order valence-electron chi connectivity index (χ2n) is 4.53. The van der Waals surface area contributed by atoms with E-state index in [0.29, 0.717) is 0 Å². The summed E-state index contributed by atoms with van der Waals surface area (Å²) in [6, 6.07) is 6.00. The van der Waals surface area contributed by atoms with Gasteiger partial charge in [0.25, 0.3) is 0 Å². The average molecular weight is 264 g/mol. The van der Waals surface area contributed by atoms with Gasteiger partial charge < -0.3 is 5.32 Å². The Bertz CT molecular complexity index is 520. The Morgan fingerprint density at radius 3 is 2.83 bits per heavy atom. The van der Waals surface area contributed by atoms with E-state index < -0.39 is 0 Å². The van der Waals surface area contributed by atoms with Crippen LogP contribution in [0.5, 0.6) is 0 Å². The molecule has 0 fully saturated rings. The summed E-state index contributed by atoms with van der Waals surface area (Å²) in [5.41, 5.74) is 3.71. The third-order valence-electron chi connectivity index (χ3n) is 2.90. The lowest BCUT2D eigenvalue weighted by Crippen LogP contribution is -2.20. The molecular weight excluding hydrogens is 246 g/mol. The maximum atomic E-state index is 5.93. The average Bonchev–Trinajstić information content (AvgIpc) is 2.73. The molecule has 0 unspecified atom stereocenters. The second-order valence-corrected chi connectivity index (χ2v) is 4.96. The largest absolute Gasteiger partial charge is 0.311 e. The Hall–Kier alpha value is -1.32. The van der Waals surface area contributed by atoms with Crippen LogP contribution in [0.4, 0.5) is 0 Å². The Balaban J connectivity index is 1.78. The zero-order chi connectivity index (χ0) is 13.0. The molecule has 2 aromatic rings. The number of hydrogen-bond acceptors (Lipinski definition) is 2. The molecule has 0 aliphatic heterocycles. The van der Waals surface area contributed by atoms with Crippen LogP contribution >= 0.6 is 11.6 Å². The third kappa shape index (κ3) is 3.59. The number of aryl methyl sites for hydroxylation is 2. The number of halogens is 1. The summed E-state index contributed by atoms with van der Waals surface area (Å²) in [6.07, 6.45) is 3.93. The van der Waals surface area contributed by atoms with Gasteiger partial charge in [0, 0.05) is 24.3 Å². The van der Waals surface area contributed by atoms with E-state index in [9.17, 15) is 0 Å². The standard InChI is InChI=1S/C14H18ClN3/c1-11-8-17-18(10-11)6-5-16-9-13-3-4-14(15)7-12(13)2/h3-4,7-8,10,16H,5-6,9H2,1-2H3. The molecule has 0 saturated heterocycles. The highest BCUT2D eigenvalue weighted by Gasteiger charge is 1.99. The Morgan fingerprint density at radius 2 is 2.17 bits per heavy atom. The van der Waals surface area contributed by atoms with E-state index in [1.807, 2.05) is 29.9 Å². The smallest absolute Gasteiger partial charge is 0.0534 e. The minimum absolute atomic E-state index is 0.795. The van der Waals surface area contributed by atoms with Gasteiger partial charge >= 0.3 is 0 Å². The maximum Gasteiger partial charge on any atom is 0.0534 e. The van der Waals surface area contributed by atoms with E-state index in [1.54, 1.807) is 0 Å². The minimum Gasteiger partial charge on any atom is -0.311 e. The summed E-state index contributed by atoms with van der Waals surface area (Å²) in [4.78, 5) is 0. The molecule has 0 bridgehead atoms. The molecule has 1 aromatic carbocycles. The molecule has 0 atom stereocenters. The molecule has 0 saturated carbocycles. The third-order valence-corrected chi connectivity index (χ3v) is 3.14. The summed E-state index contributed by atoms with van der Waals surface area (Å²) in [7, 11) is 0. The fourth-order valence-corrected chi connectivity index (χ4v) is 2.09. The molecule has 18 heavy (non-hydrogen) atoms. The van der Waals surface area contributed by atoms with Gasteiger partial charge in [-0.1, -0.05) is 17.7 Å². The van der Waals surface area contributed by atoms with Crippen molar-refractivity contribution in [2.24, 2.45) is 0 Å². The summed E-state index contributed by atoms with van der Waals surface area (Å²) in [5.74, 6) is 0. The van der Waals surface area contributed by atoms with Gasteiger partial charge in [-0.05, 0) is 42.7 Å². The summed E-state index contributed by atoms with van der Waals surface area (Å²) in [5, 5.41) is 8.46. The monoisotopic (exact) mass is 263 g/mol. The maximum absolute atomic E-state index is 5.93. The van der Waals surface area contributed by atoms with Crippen LogP contribution in [0.2, 0.25) is 5.02 Å². The number of nitrogens with zero attached hydrogens (tertiary/aromatic N) is 2. The molecule has 0 amide bonds. The molecule has 1 N–H and O–H groups in total. The molecule has 0 aliphatic rings. The number of rotatable bonds is 5. The highest BCUT2D eigenvalue weighted by molar-refractivity contribution is 6.30. The Morgan fingerprint density at radius 1 is 1.33 bits per heavy atom. The molecular formula is C14H18ClN3. The lowest BCUT2D eigenvalue weighted by atomic mass is 10.1. The Labute approximate surface area is 113 Å². The van der Waals surface area contributed by atoms with Crippen molar-refractivity contribution in [3.8, 4) is 0 Å². The first-order valence-corrected chi connectivity index (χ1v) is 6.48. The summed E-state index contributed by atoms with van der Waals surface area (Å²) < 4.78 is 1.96. The van der Waals surface area contributed by atoms with Crippen molar-refractivity contribution in [3.05, 3.63) is 52.3 Å². The number of aromatic nitrogens is 2. The molecule has 1 heterocycles. The molecule has 96 valence electrons. The van der Waals surface area contributed by atoms with E-state index in [2.05, 4.69) is 29.6 Å². The fourth-order valence-electron chi connectivity index (χ4n) is 1.86. The quantitative estimate of drug-likeness (QED) is 0.841. The minimum atomic E-state index is 0.795. The van der Waals surface area contributed by atoms with Crippen LogP contribution in [-0.2, 0) is 13.1 Å². The summed E-state index contributed by atoms with van der Waals surface area (Å²) in [6.45, 7) is 6.79. The van der Waals surface area contributed by atoms with E-state index in [4.69, 9.17) is 11.6 Å². The number of benzene rings is 1. The molecule has 1 aromatic heterocycles. The first-order chi connectivity index (χ1) is 8.65. The predicted octanol–water partition coefficient (Wildman–Crippen LogP) is 2.94. The van der Waals surface area contributed by atoms with Gasteiger partial charge in [-0.2, -0.15) is 5.10 Å². The van der Waals surface area contributed by atoms with Gasteiger partial charge in [-0.15, -0.1) is 0 Å². The topological polar surface area (TPSA) is 29.9 Å². The molecule has 0 spiro atoms. The van der Waals surface area contributed by atoms with Crippen molar-refractivity contribution < 1.29 is 0 Å². The predicted molar refractivity (Wildman–Crippen MR) is 74.9 cm³/mol. The van der Waals surface area contributed by atoms with E-state index in [0.717, 1.165) is 24.7 Å². The van der Waals surface area contributed by atoms with Crippen LogP contribution in [0.3, 0.4) is 0 Å². The molecule has 0 aliphatic carbocycles. The number of nitrogens with one attached hydrogen (secondary N) is 1. The second kappa shape index (κ2) is 6.03. The van der Waals surface area contributed by atoms with Crippen LogP contribution in [0.15, 0.2) is 30.6 Å². The zero-order valence-electron chi connectivity index (χ0n) is 10.8. The van der Waals surface area contributed by atoms with Gasteiger partial charge in [-0.25, -0.2) is 0 Å². The molecule has 4 heteroatoms. The highest BCUT2D eigenvalue weighted by Crippen LogP contribution is 2.14. The van der Waals surface area contributed by atoms with Crippen molar-refractivity contribution in [1.82, 2.24) is 15.1 Å². The van der Waals surface area contributed by atoms with Crippen molar-refractivity contribution in [3.63, 3.8) is 0 Å². The van der Waals surface area contributed by atoms with Gasteiger partial charge in [-0.3, -0.25) is 4.68 Å². The van der Waals surface area contributed by atoms with Crippen LogP contribution in [-0.4, -0.2) is 16.3 Å². The highest BCUT2D eigenvalue weighted by atomic mass is 35.5. The fraction of sp³-hybridized carbons (Fsp3) is 0.357. The molecule has 0 radical (unpaired) electrons. The van der Waals surface area contributed by atoms with Crippen LogP contribution < -0.4 is 5.32 Å². The summed E-state index contributed by atoms with van der Waals surface area (Å²) >= 11 is 5.93. The van der Waals surface area contributed by atoms with Gasteiger partial charge in [0.2, 0.25) is 0 Å². The zero-order valence-corrected chi connectivity index (χ0v) is 11.5. The Kier molecular flexibility index (Phi) is 4.39. The lowest BCUT2D eigenvalue weighted by Gasteiger charge is -2.08. The number of hydrogen-bond donors (Lipinski definition) is 1. The molecule has 2 rings (SSSR count). The lowest BCUT2D eigenvalue weighted by molar-refractivity contribution is 0.554. The SMILES string of the molecule is Cc1cnn(CCNCc2ccc(Cl)cc2C)c1. The van der Waals surface area contributed by atoms with Gasteiger partial charge in [0.15, 0.2) is 0 Å². The van der Waals surface area contributed by atoms with E-state index in [1.165, 1.54) is 16.7 Å². The van der Waals surface area contributed by atoms with Crippen molar-refractivity contribution >= 4 is 11.6 Å². The first-order valence-electron chi connectivity index (χ1n) is 6.10. The van der Waals surface area contributed by atoms with E-state index in [-0.39, 0.29) is 0 Å². The van der Waals surface area contributed by atoms with Crippen LogP contribution in [0, 0.1) is 13.8 Å². The van der Waals surface area contributed by atoms with Crippen molar-refractivity contribution in [1.29, 1.82) is 0 Å². The van der Waals surface area contributed by atoms with Gasteiger partial charge in [0.05, 0.1) is 12.7 Å². The molecule has 3 nitrogen and oxygen atoms in total. The normalized spacial score (nSPS) is 10.8. The van der Waals surface area contributed by atoms with Crippen LogP contribution in [0.25, 0.3) is 0 Å². The van der Waals surface area contributed by atoms with Crippen molar-refractivity contribution in [2.75, 3.05) is 6.54 Å². The first kappa shape index (κ1) is 13.1. The van der Waals surface area contributed by atoms with Gasteiger partial charge in [0.1, 0.15) is 0 Å².